The third-order valence-corrected chi connectivity index (χ3v) is 11.6. The van der Waals surface area contributed by atoms with Crippen molar-refractivity contribution >= 4 is 44.2 Å². The van der Waals surface area contributed by atoms with Crippen LogP contribution in [0.25, 0.3) is 0 Å². The van der Waals surface area contributed by atoms with Gasteiger partial charge in [-0.2, -0.15) is 17.6 Å². The fraction of sp³-hybridized carbons (Fsp3) is 0.250. The maximum Gasteiger partial charge on any atom is 0.337 e. The number of fused-ring (bicyclic) bond motifs is 1. The van der Waals surface area contributed by atoms with Gasteiger partial charge in [-0.25, -0.2) is 4.98 Å². The number of hydrogen-bond acceptors (Lipinski definition) is 11. The zero-order chi connectivity index (χ0) is 32.6. The van der Waals surface area contributed by atoms with Gasteiger partial charge in [0.1, 0.15) is 30.0 Å². The molecule has 3 heterocycles. The normalized spacial score (nSPS) is 24.0. The molecule has 5 unspecified atom stereocenters. The summed E-state index contributed by atoms with van der Waals surface area (Å²) < 4.78 is 39.9. The van der Waals surface area contributed by atoms with Crippen molar-refractivity contribution in [1.29, 1.82) is 5.26 Å². The quantitative estimate of drug-likeness (QED) is 0.276. The van der Waals surface area contributed by atoms with E-state index < -0.39 is 61.4 Å². The Labute approximate surface area is 269 Å². The van der Waals surface area contributed by atoms with Gasteiger partial charge in [0.15, 0.2) is 22.1 Å². The van der Waals surface area contributed by atoms with Gasteiger partial charge in [-0.05, 0) is 36.8 Å². The van der Waals surface area contributed by atoms with E-state index in [2.05, 4.69) is 16.4 Å². The Balaban J connectivity index is 1.77. The first kappa shape index (κ1) is 31.0. The Morgan fingerprint density at radius 3 is 2.43 bits per heavy atom. The van der Waals surface area contributed by atoms with Crippen LogP contribution in [0.15, 0.2) is 89.3 Å². The third kappa shape index (κ3) is 4.66. The van der Waals surface area contributed by atoms with Gasteiger partial charge in [0.05, 0.1) is 19.8 Å². The van der Waals surface area contributed by atoms with Crippen molar-refractivity contribution in [1.82, 2.24) is 4.98 Å². The van der Waals surface area contributed by atoms with E-state index in [4.69, 9.17) is 9.47 Å². The number of carbonyl (C=O) groups is 2. The van der Waals surface area contributed by atoms with Crippen molar-refractivity contribution in [2.24, 2.45) is 0 Å². The molecule has 46 heavy (non-hydrogen) atoms. The van der Waals surface area contributed by atoms with Crippen molar-refractivity contribution < 1.29 is 36.5 Å². The molecule has 5 atom stereocenters. The minimum Gasteiger partial charge on any atom is -0.497 e. The molecule has 1 N–H and O–H groups in total. The number of quaternary nitrogens is 1. The van der Waals surface area contributed by atoms with E-state index in [1.165, 1.54) is 42.8 Å². The SMILES string of the molecule is CCOc1ccccc1C1C(C2C(=O)Nc3ccccc32)[N+](C(=O)[O-])(S(=O)(=O)c2ccccc2OC)CC(C#N)N1c1nccs1. The van der Waals surface area contributed by atoms with E-state index in [0.29, 0.717) is 27.7 Å². The third-order valence-electron chi connectivity index (χ3n) is 8.47. The van der Waals surface area contributed by atoms with Crippen molar-refractivity contribution in [3.63, 3.8) is 0 Å². The van der Waals surface area contributed by atoms with Gasteiger partial charge in [-0.3, -0.25) is 4.79 Å². The van der Waals surface area contributed by atoms with Gasteiger partial charge in [0.25, 0.3) is 6.09 Å². The average molecular weight is 660 g/mol. The first-order valence-electron chi connectivity index (χ1n) is 14.4. The number of ether oxygens (including phenoxy) is 2. The first-order chi connectivity index (χ1) is 22.2. The Hall–Kier alpha value is -4.97. The number of carbonyl (C=O) groups excluding carboxylic acids is 2. The maximum atomic E-state index is 15.1. The van der Waals surface area contributed by atoms with Crippen LogP contribution >= 0.6 is 11.3 Å². The van der Waals surface area contributed by atoms with Crippen molar-refractivity contribution in [2.75, 3.05) is 30.5 Å². The minimum atomic E-state index is -5.04. The molecule has 0 spiro atoms. The van der Waals surface area contributed by atoms with Gasteiger partial charge in [0, 0.05) is 22.8 Å². The van der Waals surface area contributed by atoms with Crippen molar-refractivity contribution in [3.8, 4) is 17.6 Å². The molecule has 14 heteroatoms. The van der Waals surface area contributed by atoms with Crippen LogP contribution in [0, 0.1) is 11.3 Å². The zero-order valence-electron chi connectivity index (χ0n) is 24.8. The summed E-state index contributed by atoms with van der Waals surface area (Å²) in [4.78, 5) is 33.6. The monoisotopic (exact) mass is 659 g/mol. The molecule has 0 aliphatic carbocycles. The Morgan fingerprint density at radius 1 is 1.11 bits per heavy atom. The molecular formula is C32H29N5O7S2. The lowest BCUT2D eigenvalue weighted by Crippen LogP contribution is -2.77. The second kappa shape index (κ2) is 12.1. The number of benzene rings is 3. The summed E-state index contributed by atoms with van der Waals surface area (Å²) in [5, 5.41) is 29.4. The Kier molecular flexibility index (Phi) is 8.15. The summed E-state index contributed by atoms with van der Waals surface area (Å²) in [7, 11) is -3.77. The number of methoxy groups -OCH3 is 1. The van der Waals surface area contributed by atoms with E-state index in [1.807, 2.05) is 0 Å². The first-order valence-corrected chi connectivity index (χ1v) is 16.7. The van der Waals surface area contributed by atoms with Crippen molar-refractivity contribution in [2.45, 2.75) is 35.9 Å². The lowest BCUT2D eigenvalue weighted by Gasteiger charge is -2.55. The lowest BCUT2D eigenvalue weighted by atomic mass is 9.80. The largest absolute Gasteiger partial charge is 0.497 e. The predicted octanol–water partition coefficient (Wildman–Crippen LogP) is 3.66. The molecule has 4 aromatic rings. The number of nitrogens with zero attached hydrogens (tertiary/aromatic N) is 4. The summed E-state index contributed by atoms with van der Waals surface area (Å²) in [6, 6.07) is 17.1. The van der Waals surface area contributed by atoms with Crippen LogP contribution in [0.4, 0.5) is 15.6 Å². The van der Waals surface area contributed by atoms with E-state index in [0.717, 1.165) is 0 Å². The Bertz CT molecular complexity index is 1950. The highest BCUT2D eigenvalue weighted by Gasteiger charge is 2.67. The number of rotatable bonds is 8. The highest BCUT2D eigenvalue weighted by atomic mass is 32.2. The molecule has 1 fully saturated rings. The molecule has 1 aromatic heterocycles. The molecule has 1 saturated heterocycles. The molecule has 236 valence electrons. The number of nitrogens with one attached hydrogen (secondary N) is 1. The van der Waals surface area contributed by atoms with Gasteiger partial charge in [0.2, 0.25) is 5.91 Å². The van der Waals surface area contributed by atoms with Crippen LogP contribution in [0.1, 0.15) is 30.0 Å². The van der Waals surface area contributed by atoms with Gasteiger partial charge < -0.3 is 29.6 Å². The number of para-hydroxylation sites is 3. The van der Waals surface area contributed by atoms with Crippen LogP contribution in [0.5, 0.6) is 11.5 Å². The van der Waals surface area contributed by atoms with Gasteiger partial charge in [-0.15, -0.1) is 11.3 Å². The number of sulfonamides is 1. The summed E-state index contributed by atoms with van der Waals surface area (Å²) in [5.74, 6) is -1.70. The summed E-state index contributed by atoms with van der Waals surface area (Å²) >= 11 is 1.20. The van der Waals surface area contributed by atoms with Crippen molar-refractivity contribution in [3.05, 3.63) is 95.5 Å². The van der Waals surface area contributed by atoms with Crippen LogP contribution < -0.4 is 24.8 Å². The van der Waals surface area contributed by atoms with E-state index >= 15 is 8.42 Å². The highest BCUT2D eigenvalue weighted by molar-refractivity contribution is 7.86. The van der Waals surface area contributed by atoms with Crippen LogP contribution in [-0.4, -0.2) is 61.6 Å². The topological polar surface area (TPSA) is 162 Å². The molecular weight excluding hydrogens is 631 g/mol. The van der Waals surface area contributed by atoms with Gasteiger partial charge in [-0.1, -0.05) is 48.5 Å². The summed E-state index contributed by atoms with van der Waals surface area (Å²) in [6.07, 6.45) is -0.459. The number of anilines is 2. The minimum absolute atomic E-state index is 0.0987. The average Bonchev–Trinajstić information content (AvgIpc) is 3.71. The van der Waals surface area contributed by atoms with Crippen LogP contribution in [0.3, 0.4) is 0 Å². The molecule has 0 saturated carbocycles. The number of thiazole rings is 1. The molecule has 12 nitrogen and oxygen atoms in total. The van der Waals surface area contributed by atoms with E-state index in [-0.39, 0.29) is 12.4 Å². The second-order valence-corrected chi connectivity index (χ2v) is 13.6. The van der Waals surface area contributed by atoms with E-state index in [9.17, 15) is 20.0 Å². The smallest absolute Gasteiger partial charge is 0.337 e. The van der Waals surface area contributed by atoms with Crippen LogP contribution in [-0.2, 0) is 14.8 Å². The summed E-state index contributed by atoms with van der Waals surface area (Å²) in [5.41, 5.74) is 1.20. The highest BCUT2D eigenvalue weighted by Crippen LogP contribution is 2.54. The number of carboxylic acid groups (broad SMARTS) is 1. The number of aromatic nitrogens is 1. The summed E-state index contributed by atoms with van der Waals surface area (Å²) in [6.45, 7) is 1.23. The zero-order valence-corrected chi connectivity index (χ0v) is 26.4. The molecule has 0 radical (unpaired) electrons. The molecule has 0 bridgehead atoms. The maximum absolute atomic E-state index is 15.1. The predicted molar refractivity (Wildman–Crippen MR) is 167 cm³/mol. The fourth-order valence-corrected chi connectivity index (χ4v) is 9.48. The molecule has 6 rings (SSSR count). The lowest BCUT2D eigenvalue weighted by molar-refractivity contribution is -0.793. The standard InChI is InChI=1S/C32H29N5O7S2/c1-3-44-24-13-7-5-11-22(24)28-29(27-21-10-4-6-12-23(21)35-30(27)38)37(32(39)40,19-20(18-33)36(28)31-34-16-17-45-31)46(41,42)26-15-9-8-14-25(26)43-2/h4-17,20,27-29H,3,19H2,1-2H3,(H-,35,38,39,40). The number of hydrogen-bond donors (Lipinski definition) is 1. The molecule has 2 aliphatic rings. The Morgan fingerprint density at radius 2 is 1.78 bits per heavy atom. The number of piperazine rings is 1. The molecule has 2 aliphatic heterocycles. The van der Waals surface area contributed by atoms with E-state index in [1.54, 1.807) is 71.8 Å². The number of amides is 2. The number of nitriles is 1. The fourth-order valence-electron chi connectivity index (χ4n) is 6.65. The van der Waals surface area contributed by atoms with Crippen LogP contribution in [0.2, 0.25) is 0 Å². The van der Waals surface area contributed by atoms with Gasteiger partial charge >= 0.3 is 10.0 Å². The second-order valence-electron chi connectivity index (χ2n) is 10.7. The molecule has 3 aromatic carbocycles. The molecule has 2 amide bonds.